The minimum Gasteiger partial charge on any atom is -0.493 e. The molecule has 3 rings (SSSR count). The Kier molecular flexibility index (Phi) is 5.86. The van der Waals surface area contributed by atoms with E-state index in [0.717, 1.165) is 0 Å². The SMILES string of the molecule is CCOc1ccc(C(=O)NCC2(O)CCOc3ccccc32)cc1OCC. The van der Waals surface area contributed by atoms with Crippen molar-refractivity contribution in [1.82, 2.24) is 5.32 Å². The quantitative estimate of drug-likeness (QED) is 0.783. The third-order valence-corrected chi connectivity index (χ3v) is 4.51. The Bertz CT molecular complexity index is 807. The third kappa shape index (κ3) is 4.17. The van der Waals surface area contributed by atoms with Crippen molar-refractivity contribution >= 4 is 5.91 Å². The number of nitrogens with one attached hydrogen (secondary N) is 1. The van der Waals surface area contributed by atoms with E-state index in [0.29, 0.717) is 54.6 Å². The van der Waals surface area contributed by atoms with E-state index in [4.69, 9.17) is 14.2 Å². The van der Waals surface area contributed by atoms with Crippen LogP contribution < -0.4 is 19.5 Å². The van der Waals surface area contributed by atoms with Crippen LogP contribution in [0.15, 0.2) is 42.5 Å². The molecule has 0 saturated heterocycles. The van der Waals surface area contributed by atoms with Gasteiger partial charge in [0.25, 0.3) is 5.91 Å². The topological polar surface area (TPSA) is 77.0 Å². The smallest absolute Gasteiger partial charge is 0.251 e. The highest BCUT2D eigenvalue weighted by atomic mass is 16.5. The summed E-state index contributed by atoms with van der Waals surface area (Å²) in [6.45, 7) is 5.26. The Morgan fingerprint density at radius 2 is 1.89 bits per heavy atom. The summed E-state index contributed by atoms with van der Waals surface area (Å²) in [7, 11) is 0. The molecule has 1 atom stereocenters. The zero-order chi connectivity index (χ0) is 19.3. The fourth-order valence-corrected chi connectivity index (χ4v) is 3.15. The molecule has 1 aliphatic heterocycles. The van der Waals surface area contributed by atoms with E-state index in [-0.39, 0.29) is 12.5 Å². The van der Waals surface area contributed by atoms with Crippen molar-refractivity contribution in [2.45, 2.75) is 25.9 Å². The summed E-state index contributed by atoms with van der Waals surface area (Å²) < 4.78 is 16.7. The molecule has 1 aliphatic rings. The first-order chi connectivity index (χ1) is 13.1. The van der Waals surface area contributed by atoms with Crippen LogP contribution in [0.2, 0.25) is 0 Å². The monoisotopic (exact) mass is 371 g/mol. The first-order valence-electron chi connectivity index (χ1n) is 9.20. The lowest BCUT2D eigenvalue weighted by molar-refractivity contribution is -0.00160. The average molecular weight is 371 g/mol. The van der Waals surface area contributed by atoms with Crippen LogP contribution in [0.25, 0.3) is 0 Å². The number of benzene rings is 2. The zero-order valence-electron chi connectivity index (χ0n) is 15.7. The van der Waals surface area contributed by atoms with Gasteiger partial charge in [-0.25, -0.2) is 0 Å². The molecule has 2 aromatic carbocycles. The Hall–Kier alpha value is -2.73. The maximum absolute atomic E-state index is 12.6. The van der Waals surface area contributed by atoms with Crippen molar-refractivity contribution in [3.05, 3.63) is 53.6 Å². The van der Waals surface area contributed by atoms with Crippen LogP contribution in [-0.2, 0) is 5.60 Å². The molecule has 27 heavy (non-hydrogen) atoms. The van der Waals surface area contributed by atoms with Gasteiger partial charge in [0.15, 0.2) is 11.5 Å². The molecule has 2 N–H and O–H groups in total. The number of rotatable bonds is 7. The number of fused-ring (bicyclic) bond motifs is 1. The number of aliphatic hydroxyl groups is 1. The van der Waals surface area contributed by atoms with E-state index in [1.165, 1.54) is 0 Å². The van der Waals surface area contributed by atoms with E-state index in [1.54, 1.807) is 18.2 Å². The van der Waals surface area contributed by atoms with Gasteiger partial charge in [-0.15, -0.1) is 0 Å². The number of para-hydroxylation sites is 1. The van der Waals surface area contributed by atoms with Gasteiger partial charge in [-0.05, 0) is 38.1 Å². The summed E-state index contributed by atoms with van der Waals surface area (Å²) in [5, 5.41) is 13.9. The highest BCUT2D eigenvalue weighted by Gasteiger charge is 2.35. The van der Waals surface area contributed by atoms with Crippen LogP contribution in [0, 0.1) is 0 Å². The molecule has 0 saturated carbocycles. The van der Waals surface area contributed by atoms with Gasteiger partial charge in [-0.2, -0.15) is 0 Å². The van der Waals surface area contributed by atoms with Crippen LogP contribution in [0.3, 0.4) is 0 Å². The Morgan fingerprint density at radius 1 is 1.15 bits per heavy atom. The van der Waals surface area contributed by atoms with Gasteiger partial charge in [0.1, 0.15) is 11.4 Å². The molecule has 1 amide bonds. The Morgan fingerprint density at radius 3 is 2.67 bits per heavy atom. The van der Waals surface area contributed by atoms with Gasteiger partial charge in [0.2, 0.25) is 0 Å². The van der Waals surface area contributed by atoms with Crippen molar-refractivity contribution in [2.24, 2.45) is 0 Å². The van der Waals surface area contributed by atoms with Gasteiger partial charge in [0, 0.05) is 17.5 Å². The largest absolute Gasteiger partial charge is 0.493 e. The van der Waals surface area contributed by atoms with Crippen molar-refractivity contribution in [1.29, 1.82) is 0 Å². The molecule has 0 spiro atoms. The van der Waals surface area contributed by atoms with Gasteiger partial charge in [-0.3, -0.25) is 4.79 Å². The van der Waals surface area contributed by atoms with E-state index in [1.807, 2.05) is 38.1 Å². The molecule has 0 aromatic heterocycles. The maximum Gasteiger partial charge on any atom is 0.251 e. The van der Waals surface area contributed by atoms with Gasteiger partial charge < -0.3 is 24.6 Å². The maximum atomic E-state index is 12.6. The lowest BCUT2D eigenvalue weighted by atomic mass is 9.88. The van der Waals surface area contributed by atoms with Gasteiger partial charge in [0.05, 0.1) is 26.4 Å². The molecule has 1 unspecified atom stereocenters. The highest BCUT2D eigenvalue weighted by molar-refractivity contribution is 5.95. The van der Waals surface area contributed by atoms with E-state index < -0.39 is 5.60 Å². The fourth-order valence-electron chi connectivity index (χ4n) is 3.15. The molecule has 0 bridgehead atoms. The molecule has 0 radical (unpaired) electrons. The van der Waals surface area contributed by atoms with Crippen LogP contribution in [0.5, 0.6) is 17.2 Å². The summed E-state index contributed by atoms with van der Waals surface area (Å²) in [5.74, 6) is 1.51. The lowest BCUT2D eigenvalue weighted by Gasteiger charge is -2.34. The molecular weight excluding hydrogens is 346 g/mol. The summed E-state index contributed by atoms with van der Waals surface area (Å²) in [4.78, 5) is 12.6. The van der Waals surface area contributed by atoms with Crippen molar-refractivity contribution < 1.29 is 24.1 Å². The van der Waals surface area contributed by atoms with Crippen LogP contribution in [-0.4, -0.2) is 37.4 Å². The molecule has 0 aliphatic carbocycles. The Balaban J connectivity index is 1.74. The predicted molar refractivity (Wildman–Crippen MR) is 102 cm³/mol. The fraction of sp³-hybridized carbons (Fsp3) is 0.381. The number of ether oxygens (including phenoxy) is 3. The first-order valence-corrected chi connectivity index (χ1v) is 9.20. The first kappa shape index (κ1) is 19.0. The molecule has 6 nitrogen and oxygen atoms in total. The molecule has 6 heteroatoms. The summed E-state index contributed by atoms with van der Waals surface area (Å²) >= 11 is 0. The second-order valence-electron chi connectivity index (χ2n) is 6.34. The normalized spacial score (nSPS) is 18.2. The number of carbonyl (C=O) groups excluding carboxylic acids is 1. The molecular formula is C21H25NO5. The van der Waals surface area contributed by atoms with E-state index in [9.17, 15) is 9.90 Å². The van der Waals surface area contributed by atoms with Crippen LogP contribution in [0.1, 0.15) is 36.2 Å². The van der Waals surface area contributed by atoms with E-state index in [2.05, 4.69) is 5.32 Å². The highest BCUT2D eigenvalue weighted by Crippen LogP contribution is 2.36. The number of amides is 1. The zero-order valence-corrected chi connectivity index (χ0v) is 15.7. The van der Waals surface area contributed by atoms with E-state index >= 15 is 0 Å². The number of hydrogen-bond acceptors (Lipinski definition) is 5. The standard InChI is InChI=1S/C21H25NO5/c1-3-25-18-10-9-15(13-19(18)26-4-2)20(23)22-14-21(24)11-12-27-17-8-6-5-7-16(17)21/h5-10,13,24H,3-4,11-12,14H2,1-2H3,(H,22,23). The minimum absolute atomic E-state index is 0.101. The molecule has 0 fully saturated rings. The van der Waals surface area contributed by atoms with Crippen molar-refractivity contribution in [3.63, 3.8) is 0 Å². The predicted octanol–water partition coefficient (Wildman–Crippen LogP) is 2.88. The second-order valence-corrected chi connectivity index (χ2v) is 6.34. The molecule has 2 aromatic rings. The average Bonchev–Trinajstić information content (AvgIpc) is 2.68. The van der Waals surface area contributed by atoms with Crippen molar-refractivity contribution in [2.75, 3.05) is 26.4 Å². The summed E-state index contributed by atoms with van der Waals surface area (Å²) in [5.41, 5.74) is -0.0116. The summed E-state index contributed by atoms with van der Waals surface area (Å²) in [6.07, 6.45) is 0.414. The minimum atomic E-state index is -1.15. The Labute approximate surface area is 159 Å². The summed E-state index contributed by atoms with van der Waals surface area (Å²) in [6, 6.07) is 12.4. The molecule has 1 heterocycles. The van der Waals surface area contributed by atoms with Gasteiger partial charge >= 0.3 is 0 Å². The van der Waals surface area contributed by atoms with Crippen LogP contribution >= 0.6 is 0 Å². The third-order valence-electron chi connectivity index (χ3n) is 4.51. The number of hydrogen-bond donors (Lipinski definition) is 2. The van der Waals surface area contributed by atoms with Crippen molar-refractivity contribution in [3.8, 4) is 17.2 Å². The van der Waals surface area contributed by atoms with Gasteiger partial charge in [-0.1, -0.05) is 18.2 Å². The lowest BCUT2D eigenvalue weighted by Crippen LogP contribution is -2.43. The molecule has 144 valence electrons. The number of carbonyl (C=O) groups is 1. The second kappa shape index (κ2) is 8.31. The van der Waals surface area contributed by atoms with Crippen LogP contribution in [0.4, 0.5) is 0 Å².